The van der Waals surface area contributed by atoms with Crippen LogP contribution in [0.15, 0.2) is 36.8 Å². The lowest BCUT2D eigenvalue weighted by atomic mass is 11.3. The van der Waals surface area contributed by atoms with Gasteiger partial charge in [-0.2, -0.15) is 0 Å². The molecule has 0 aliphatic heterocycles. The van der Waals surface area contributed by atoms with Crippen molar-refractivity contribution in [2.45, 2.75) is 45.8 Å². The first kappa shape index (κ1) is 20.0. The lowest BCUT2D eigenvalue weighted by Gasteiger charge is -2.39. The van der Waals surface area contributed by atoms with Crippen LogP contribution in [0.25, 0.3) is 0 Å². The molecule has 0 spiro atoms. The summed E-state index contributed by atoms with van der Waals surface area (Å²) in [6.45, 7) is 26.2. The summed E-state index contributed by atoms with van der Waals surface area (Å²) in [6, 6.07) is 0. The fourth-order valence-corrected chi connectivity index (χ4v) is 17.4. The second-order valence-corrected chi connectivity index (χ2v) is 21.5. The van der Waals surface area contributed by atoms with Crippen molar-refractivity contribution in [3.8, 4) is 0 Å². The molecule has 1 atom stereocenters. The van der Waals surface area contributed by atoms with E-state index in [1.807, 2.05) is 23.6 Å². The highest BCUT2D eigenvalue weighted by Gasteiger charge is 2.43. The molecule has 0 aromatic heterocycles. The van der Waals surface area contributed by atoms with E-state index in [1.165, 1.54) is 0 Å². The molecule has 20 heavy (non-hydrogen) atoms. The predicted octanol–water partition coefficient (Wildman–Crippen LogP) is 4.40. The second kappa shape index (κ2) is 6.82. The maximum Gasteiger partial charge on any atom is 0.342 e. The highest BCUT2D eigenvalue weighted by Crippen LogP contribution is 2.25. The largest absolute Gasteiger partial charge is 0.433 e. The maximum atomic E-state index is 6.34. The second-order valence-electron chi connectivity index (χ2n) is 6.54. The normalized spacial score (nSPS) is 16.4. The van der Waals surface area contributed by atoms with Crippen LogP contribution in [0.4, 0.5) is 0 Å². The Bertz CT molecular complexity index is 380. The standard InChI is InChI=1S/C13H30O3Si4/c1-11-17(4,5)14-19(8,9)16-20(10,13-3)15-18(6,7)12-2/h11-13H,1-3H2,4-10H3. The van der Waals surface area contributed by atoms with Gasteiger partial charge in [0.15, 0.2) is 16.6 Å². The highest BCUT2D eigenvalue weighted by molar-refractivity contribution is 6.93. The first-order valence-electron chi connectivity index (χ1n) is 6.82. The summed E-state index contributed by atoms with van der Waals surface area (Å²) in [4.78, 5) is 0. The van der Waals surface area contributed by atoms with E-state index in [9.17, 15) is 0 Å². The summed E-state index contributed by atoms with van der Waals surface area (Å²) < 4.78 is 18.9. The summed E-state index contributed by atoms with van der Waals surface area (Å²) in [6.07, 6.45) is 0. The van der Waals surface area contributed by atoms with Gasteiger partial charge in [0.25, 0.3) is 0 Å². The van der Waals surface area contributed by atoms with E-state index < -0.39 is 33.8 Å². The van der Waals surface area contributed by atoms with Crippen LogP contribution >= 0.6 is 0 Å². The first-order valence-corrected chi connectivity index (χ1v) is 18.0. The zero-order chi connectivity index (χ0) is 16.2. The van der Waals surface area contributed by atoms with Crippen molar-refractivity contribution in [3.05, 3.63) is 36.8 Å². The monoisotopic (exact) mass is 346 g/mol. The van der Waals surface area contributed by atoms with Gasteiger partial charge in [0, 0.05) is 0 Å². The van der Waals surface area contributed by atoms with Gasteiger partial charge in [0.1, 0.15) is 0 Å². The average molecular weight is 347 g/mol. The Balaban J connectivity index is 5.06. The van der Waals surface area contributed by atoms with E-state index in [2.05, 4.69) is 59.0 Å². The Hall–Kier alpha value is -0.0325. The highest BCUT2D eigenvalue weighted by atomic mass is 28.5. The van der Waals surface area contributed by atoms with E-state index in [1.54, 1.807) is 0 Å². The van der Waals surface area contributed by atoms with Gasteiger partial charge >= 0.3 is 17.1 Å². The van der Waals surface area contributed by atoms with Crippen molar-refractivity contribution in [1.29, 1.82) is 0 Å². The van der Waals surface area contributed by atoms with Gasteiger partial charge in [-0.05, 0) is 45.8 Å². The minimum absolute atomic E-state index is 1.84. The molecule has 0 rings (SSSR count). The summed E-state index contributed by atoms with van der Waals surface area (Å²) in [7, 11) is -8.51. The molecule has 0 aliphatic rings. The molecule has 0 fully saturated rings. The minimum atomic E-state index is -2.45. The van der Waals surface area contributed by atoms with Gasteiger partial charge in [0.05, 0.1) is 0 Å². The fraction of sp³-hybridized carbons (Fsp3) is 0.538. The zero-order valence-corrected chi connectivity index (χ0v) is 18.1. The van der Waals surface area contributed by atoms with Crippen molar-refractivity contribution in [1.82, 2.24) is 0 Å². The first-order chi connectivity index (χ1) is 8.80. The Morgan fingerprint density at radius 2 is 1.00 bits per heavy atom. The van der Waals surface area contributed by atoms with E-state index >= 15 is 0 Å². The van der Waals surface area contributed by atoms with Crippen LogP contribution in [0.1, 0.15) is 0 Å². The molecule has 0 amide bonds. The quantitative estimate of drug-likeness (QED) is 0.579. The molecular weight excluding hydrogens is 316 g/mol. The molecule has 116 valence electrons. The summed E-state index contributed by atoms with van der Waals surface area (Å²) in [5.74, 6) is 0. The van der Waals surface area contributed by atoms with E-state index in [0.29, 0.717) is 0 Å². The van der Waals surface area contributed by atoms with Crippen LogP contribution in [0.3, 0.4) is 0 Å². The molecule has 0 bridgehead atoms. The van der Waals surface area contributed by atoms with Crippen molar-refractivity contribution in [2.24, 2.45) is 0 Å². The number of hydrogen-bond acceptors (Lipinski definition) is 3. The van der Waals surface area contributed by atoms with Crippen LogP contribution < -0.4 is 0 Å². The smallest absolute Gasteiger partial charge is 0.342 e. The molecule has 1 unspecified atom stereocenters. The van der Waals surface area contributed by atoms with Gasteiger partial charge in [-0.25, -0.2) is 0 Å². The molecule has 0 heterocycles. The molecule has 0 aliphatic carbocycles. The third-order valence-corrected chi connectivity index (χ3v) is 16.9. The van der Waals surface area contributed by atoms with E-state index in [4.69, 9.17) is 12.3 Å². The van der Waals surface area contributed by atoms with Crippen LogP contribution in [0.2, 0.25) is 45.8 Å². The van der Waals surface area contributed by atoms with Crippen LogP contribution in [0, 0.1) is 0 Å². The summed E-state index contributed by atoms with van der Waals surface area (Å²) in [5.41, 5.74) is 5.69. The molecule has 3 nitrogen and oxygen atoms in total. The van der Waals surface area contributed by atoms with Crippen molar-refractivity contribution < 1.29 is 12.3 Å². The summed E-state index contributed by atoms with van der Waals surface area (Å²) >= 11 is 0. The zero-order valence-electron chi connectivity index (χ0n) is 14.1. The van der Waals surface area contributed by atoms with Crippen LogP contribution in [-0.2, 0) is 12.3 Å². The Kier molecular flexibility index (Phi) is 6.81. The molecule has 0 aromatic rings. The third-order valence-electron chi connectivity index (χ3n) is 2.78. The van der Waals surface area contributed by atoms with Crippen LogP contribution in [-0.4, -0.2) is 33.8 Å². The molecular formula is C13H30O3Si4. The fourth-order valence-electron chi connectivity index (χ4n) is 1.85. The van der Waals surface area contributed by atoms with Crippen LogP contribution in [0.5, 0.6) is 0 Å². The molecule has 0 aromatic carbocycles. The summed E-state index contributed by atoms with van der Waals surface area (Å²) in [5, 5.41) is 0. The third kappa shape index (κ3) is 7.11. The average Bonchev–Trinajstić information content (AvgIpc) is 2.26. The molecule has 0 saturated carbocycles. The SMILES string of the molecule is C=C[Si](C)(C)O[Si](C)(C)O[Si](C)(C=C)O[Si](C)(C)C=C. The van der Waals surface area contributed by atoms with Crippen molar-refractivity contribution >= 4 is 33.8 Å². The molecule has 0 N–H and O–H groups in total. The lowest BCUT2D eigenvalue weighted by molar-refractivity contribution is 0.338. The van der Waals surface area contributed by atoms with Gasteiger partial charge in [-0.15, -0.1) is 19.7 Å². The minimum Gasteiger partial charge on any atom is -0.433 e. The topological polar surface area (TPSA) is 27.7 Å². The van der Waals surface area contributed by atoms with Crippen molar-refractivity contribution in [2.75, 3.05) is 0 Å². The van der Waals surface area contributed by atoms with Gasteiger partial charge in [-0.1, -0.05) is 17.1 Å². The Morgan fingerprint density at radius 1 is 0.600 bits per heavy atom. The van der Waals surface area contributed by atoms with Gasteiger partial charge in [-0.3, -0.25) is 0 Å². The number of rotatable bonds is 9. The van der Waals surface area contributed by atoms with Gasteiger partial charge in [0.2, 0.25) is 0 Å². The lowest BCUT2D eigenvalue weighted by Crippen LogP contribution is -2.56. The van der Waals surface area contributed by atoms with Gasteiger partial charge < -0.3 is 12.3 Å². The van der Waals surface area contributed by atoms with E-state index in [-0.39, 0.29) is 0 Å². The Labute approximate surface area is 129 Å². The molecule has 0 saturated heterocycles. The predicted molar refractivity (Wildman–Crippen MR) is 97.9 cm³/mol. The Morgan fingerprint density at radius 3 is 1.35 bits per heavy atom. The molecule has 0 radical (unpaired) electrons. The maximum absolute atomic E-state index is 6.34. The van der Waals surface area contributed by atoms with Crippen molar-refractivity contribution in [3.63, 3.8) is 0 Å². The molecule has 7 heteroatoms. The number of hydrogen-bond donors (Lipinski definition) is 0. The van der Waals surface area contributed by atoms with E-state index in [0.717, 1.165) is 0 Å².